The average molecular weight is 396 g/mol. The second kappa shape index (κ2) is 10.6. The van der Waals surface area contributed by atoms with Crippen molar-refractivity contribution in [2.45, 2.75) is 6.92 Å². The number of morpholine rings is 1. The number of guanidine groups is 1. The third kappa shape index (κ3) is 6.58. The molecule has 1 aliphatic heterocycles. The lowest BCUT2D eigenvalue weighted by Gasteiger charge is -2.25. The van der Waals surface area contributed by atoms with Crippen LogP contribution in [0.15, 0.2) is 53.5 Å². The molecule has 1 fully saturated rings. The zero-order valence-electron chi connectivity index (χ0n) is 17.0. The molecule has 1 heterocycles. The highest BCUT2D eigenvalue weighted by Gasteiger charge is 2.12. The van der Waals surface area contributed by atoms with Gasteiger partial charge in [-0.3, -0.25) is 20.0 Å². The number of hydrogen-bond donors (Lipinski definition) is 2. The van der Waals surface area contributed by atoms with Crippen molar-refractivity contribution in [2.24, 2.45) is 4.99 Å². The van der Waals surface area contributed by atoms with Crippen LogP contribution in [0, 0.1) is 6.92 Å². The molecule has 0 bridgehead atoms. The van der Waals surface area contributed by atoms with Crippen LogP contribution in [-0.4, -0.2) is 63.3 Å². The lowest BCUT2D eigenvalue weighted by atomic mass is 10.1. The topological polar surface area (TPSA) is 75.2 Å². The van der Waals surface area contributed by atoms with Crippen LogP contribution in [0.2, 0.25) is 0 Å². The van der Waals surface area contributed by atoms with Gasteiger partial charge in [-0.2, -0.15) is 0 Å². The summed E-state index contributed by atoms with van der Waals surface area (Å²) in [6, 6.07) is 15.0. The molecule has 2 N–H and O–H groups in total. The Hall–Kier alpha value is -2.90. The van der Waals surface area contributed by atoms with Crippen molar-refractivity contribution in [2.75, 3.05) is 51.8 Å². The summed E-state index contributed by atoms with van der Waals surface area (Å²) in [7, 11) is 1.62. The van der Waals surface area contributed by atoms with E-state index in [4.69, 9.17) is 9.47 Å². The number of anilines is 1. The lowest BCUT2D eigenvalue weighted by Crippen LogP contribution is -2.39. The summed E-state index contributed by atoms with van der Waals surface area (Å²) in [5, 5.41) is 6.09. The van der Waals surface area contributed by atoms with E-state index in [-0.39, 0.29) is 5.91 Å². The summed E-state index contributed by atoms with van der Waals surface area (Å²) in [6.45, 7) is 6.69. The van der Waals surface area contributed by atoms with E-state index in [1.807, 2.05) is 55.5 Å². The first kappa shape index (κ1) is 20.8. The fourth-order valence-corrected chi connectivity index (χ4v) is 2.96. The van der Waals surface area contributed by atoms with Gasteiger partial charge in [0.1, 0.15) is 5.75 Å². The maximum absolute atomic E-state index is 12.7. The number of carbonyl (C=O) groups excluding carboxylic acids is 1. The van der Waals surface area contributed by atoms with Gasteiger partial charge in [-0.15, -0.1) is 0 Å². The SMILES string of the molecule is COc1cccc(NC(=NCCN2CCOCC2)NC(=O)c2ccc(C)cc2)c1. The Morgan fingerprint density at radius 2 is 1.93 bits per heavy atom. The van der Waals surface area contributed by atoms with E-state index in [0.29, 0.717) is 18.1 Å². The van der Waals surface area contributed by atoms with Crippen molar-refractivity contribution in [3.8, 4) is 5.75 Å². The van der Waals surface area contributed by atoms with Crippen LogP contribution in [-0.2, 0) is 4.74 Å². The molecule has 1 amide bonds. The molecule has 2 aromatic rings. The number of aryl methyl sites for hydroxylation is 1. The number of benzene rings is 2. The van der Waals surface area contributed by atoms with Gasteiger partial charge in [0.15, 0.2) is 0 Å². The van der Waals surface area contributed by atoms with E-state index in [0.717, 1.165) is 49.8 Å². The van der Waals surface area contributed by atoms with Crippen molar-refractivity contribution >= 4 is 17.6 Å². The van der Waals surface area contributed by atoms with Crippen LogP contribution in [0.25, 0.3) is 0 Å². The number of aliphatic imine (C=N–C) groups is 1. The first-order valence-corrected chi connectivity index (χ1v) is 9.78. The van der Waals surface area contributed by atoms with Gasteiger partial charge in [-0.1, -0.05) is 23.8 Å². The predicted octanol–water partition coefficient (Wildman–Crippen LogP) is 2.53. The van der Waals surface area contributed by atoms with Gasteiger partial charge < -0.3 is 14.8 Å². The van der Waals surface area contributed by atoms with E-state index in [9.17, 15) is 4.79 Å². The summed E-state index contributed by atoms with van der Waals surface area (Å²) < 4.78 is 10.7. The molecule has 0 atom stereocenters. The van der Waals surface area contributed by atoms with Gasteiger partial charge in [-0.05, 0) is 31.2 Å². The van der Waals surface area contributed by atoms with Gasteiger partial charge in [-0.25, -0.2) is 0 Å². The van der Waals surface area contributed by atoms with Gasteiger partial charge in [0, 0.05) is 37.0 Å². The minimum Gasteiger partial charge on any atom is -0.497 e. The Labute approximate surface area is 171 Å². The smallest absolute Gasteiger partial charge is 0.257 e. The molecule has 0 saturated carbocycles. The van der Waals surface area contributed by atoms with Gasteiger partial charge in [0.25, 0.3) is 5.91 Å². The van der Waals surface area contributed by atoms with E-state index in [1.165, 1.54) is 0 Å². The zero-order chi connectivity index (χ0) is 20.5. The first-order valence-electron chi connectivity index (χ1n) is 9.78. The monoisotopic (exact) mass is 396 g/mol. The fourth-order valence-electron chi connectivity index (χ4n) is 2.96. The quantitative estimate of drug-likeness (QED) is 0.580. The molecule has 3 rings (SSSR count). The van der Waals surface area contributed by atoms with Crippen LogP contribution in [0.4, 0.5) is 5.69 Å². The van der Waals surface area contributed by atoms with Crippen molar-refractivity contribution in [3.63, 3.8) is 0 Å². The van der Waals surface area contributed by atoms with Gasteiger partial charge in [0.2, 0.25) is 5.96 Å². The Morgan fingerprint density at radius 3 is 2.66 bits per heavy atom. The van der Waals surface area contributed by atoms with E-state index in [2.05, 4.69) is 20.5 Å². The molecule has 2 aromatic carbocycles. The number of amides is 1. The molecule has 154 valence electrons. The summed E-state index contributed by atoms with van der Waals surface area (Å²) in [4.78, 5) is 19.6. The van der Waals surface area contributed by atoms with Crippen molar-refractivity contribution < 1.29 is 14.3 Å². The minimum absolute atomic E-state index is 0.203. The first-order chi connectivity index (χ1) is 14.1. The average Bonchev–Trinajstić information content (AvgIpc) is 2.75. The molecule has 1 saturated heterocycles. The molecular formula is C22H28N4O3. The van der Waals surface area contributed by atoms with E-state index < -0.39 is 0 Å². The normalized spacial score (nSPS) is 15.0. The number of nitrogens with one attached hydrogen (secondary N) is 2. The molecule has 0 radical (unpaired) electrons. The van der Waals surface area contributed by atoms with Crippen molar-refractivity contribution in [1.82, 2.24) is 10.2 Å². The fraction of sp³-hybridized carbons (Fsp3) is 0.364. The maximum atomic E-state index is 12.7. The minimum atomic E-state index is -0.203. The molecular weight excluding hydrogens is 368 g/mol. The molecule has 7 nitrogen and oxygen atoms in total. The van der Waals surface area contributed by atoms with Gasteiger partial charge in [0.05, 0.1) is 26.9 Å². The van der Waals surface area contributed by atoms with Crippen molar-refractivity contribution in [1.29, 1.82) is 0 Å². The Bertz CT molecular complexity index is 830. The highest BCUT2D eigenvalue weighted by Crippen LogP contribution is 2.16. The zero-order valence-corrected chi connectivity index (χ0v) is 17.0. The summed E-state index contributed by atoms with van der Waals surface area (Å²) in [5.74, 6) is 0.940. The number of rotatable bonds is 6. The van der Waals surface area contributed by atoms with Crippen LogP contribution >= 0.6 is 0 Å². The van der Waals surface area contributed by atoms with Crippen LogP contribution in [0.1, 0.15) is 15.9 Å². The van der Waals surface area contributed by atoms with Crippen molar-refractivity contribution in [3.05, 3.63) is 59.7 Å². The highest BCUT2D eigenvalue weighted by molar-refractivity contribution is 6.10. The Kier molecular flexibility index (Phi) is 7.61. The van der Waals surface area contributed by atoms with E-state index >= 15 is 0 Å². The third-order valence-electron chi connectivity index (χ3n) is 4.67. The third-order valence-corrected chi connectivity index (χ3v) is 4.67. The van der Waals surface area contributed by atoms with Crippen LogP contribution in [0.5, 0.6) is 5.75 Å². The molecule has 7 heteroatoms. The molecule has 1 aliphatic rings. The summed E-state index contributed by atoms with van der Waals surface area (Å²) in [5.41, 5.74) is 2.48. The Morgan fingerprint density at radius 1 is 1.17 bits per heavy atom. The van der Waals surface area contributed by atoms with Crippen LogP contribution in [0.3, 0.4) is 0 Å². The molecule has 0 unspecified atom stereocenters. The molecule has 29 heavy (non-hydrogen) atoms. The lowest BCUT2D eigenvalue weighted by molar-refractivity contribution is 0.0394. The predicted molar refractivity (Wildman–Crippen MR) is 115 cm³/mol. The number of carbonyl (C=O) groups is 1. The van der Waals surface area contributed by atoms with Gasteiger partial charge >= 0.3 is 0 Å². The molecule has 0 spiro atoms. The summed E-state index contributed by atoms with van der Waals surface area (Å²) >= 11 is 0. The van der Waals surface area contributed by atoms with Crippen LogP contribution < -0.4 is 15.4 Å². The number of hydrogen-bond acceptors (Lipinski definition) is 5. The second-order valence-electron chi connectivity index (χ2n) is 6.86. The number of methoxy groups -OCH3 is 1. The molecule has 0 aliphatic carbocycles. The van der Waals surface area contributed by atoms with E-state index in [1.54, 1.807) is 7.11 Å². The summed E-state index contributed by atoms with van der Waals surface area (Å²) in [6.07, 6.45) is 0. The largest absolute Gasteiger partial charge is 0.497 e. The number of ether oxygens (including phenoxy) is 2. The standard InChI is InChI=1S/C22H28N4O3/c1-17-6-8-18(9-7-17)21(27)25-22(23-10-11-26-12-14-29-15-13-26)24-19-4-3-5-20(16-19)28-2/h3-9,16H,10-15H2,1-2H3,(H2,23,24,25,27). The molecule has 0 aromatic heterocycles. The number of nitrogens with zero attached hydrogens (tertiary/aromatic N) is 2. The Balaban J connectivity index is 1.69. The maximum Gasteiger partial charge on any atom is 0.257 e. The highest BCUT2D eigenvalue weighted by atomic mass is 16.5. The second-order valence-corrected chi connectivity index (χ2v) is 6.86.